The van der Waals surface area contributed by atoms with E-state index in [9.17, 15) is 18.7 Å². The van der Waals surface area contributed by atoms with Crippen LogP contribution in [0.15, 0.2) is 12.1 Å². The van der Waals surface area contributed by atoms with Crippen molar-refractivity contribution in [3.05, 3.63) is 23.3 Å². The average Bonchev–Trinajstić information content (AvgIpc) is 2.60. The van der Waals surface area contributed by atoms with Crippen molar-refractivity contribution in [3.8, 4) is 11.5 Å². The van der Waals surface area contributed by atoms with Crippen LogP contribution in [0.25, 0.3) is 0 Å². The van der Waals surface area contributed by atoms with Crippen LogP contribution in [-0.4, -0.2) is 24.3 Å². The van der Waals surface area contributed by atoms with Gasteiger partial charge in [0.1, 0.15) is 0 Å². The summed E-state index contributed by atoms with van der Waals surface area (Å²) in [6, 6.07) is 2.76. The number of aliphatic carboxylic acids is 1. The molecule has 0 bridgehead atoms. The lowest BCUT2D eigenvalue weighted by Gasteiger charge is -2.24. The molecule has 0 atom stereocenters. The maximum atomic E-state index is 13.9. The number of ether oxygens (including phenoxy) is 2. The molecular formula is C16H20F2O4. The fourth-order valence-corrected chi connectivity index (χ4v) is 2.36. The lowest BCUT2D eigenvalue weighted by Crippen LogP contribution is -2.27. The van der Waals surface area contributed by atoms with Crippen molar-refractivity contribution in [1.29, 1.82) is 0 Å². The second-order valence-corrected chi connectivity index (χ2v) is 6.26. The Kier molecular flexibility index (Phi) is 4.31. The van der Waals surface area contributed by atoms with Crippen molar-refractivity contribution in [1.82, 2.24) is 0 Å². The van der Waals surface area contributed by atoms with E-state index in [4.69, 9.17) is 9.47 Å². The summed E-state index contributed by atoms with van der Waals surface area (Å²) >= 11 is 0. The number of fused-ring (bicyclic) bond motifs is 1. The topological polar surface area (TPSA) is 55.8 Å². The van der Waals surface area contributed by atoms with Crippen LogP contribution in [0, 0.1) is 5.41 Å². The van der Waals surface area contributed by atoms with Crippen LogP contribution in [0.4, 0.5) is 8.78 Å². The summed E-state index contributed by atoms with van der Waals surface area (Å²) in [5, 5.41) is 9.24. The summed E-state index contributed by atoms with van der Waals surface area (Å²) in [7, 11) is 0. The fraction of sp³-hybridized carbons (Fsp3) is 0.562. The highest BCUT2D eigenvalue weighted by atomic mass is 19.3. The summed E-state index contributed by atoms with van der Waals surface area (Å²) in [5.74, 6) is -3.45. The van der Waals surface area contributed by atoms with Gasteiger partial charge in [-0.2, -0.15) is 0 Å². The molecule has 1 aliphatic rings. The van der Waals surface area contributed by atoms with Crippen molar-refractivity contribution < 1.29 is 28.2 Å². The van der Waals surface area contributed by atoms with Gasteiger partial charge in [0, 0.05) is 18.9 Å². The van der Waals surface area contributed by atoms with Crippen LogP contribution >= 0.6 is 0 Å². The van der Waals surface area contributed by atoms with Gasteiger partial charge in [0.15, 0.2) is 11.5 Å². The number of benzene rings is 1. The van der Waals surface area contributed by atoms with Crippen molar-refractivity contribution in [2.24, 2.45) is 5.41 Å². The zero-order valence-corrected chi connectivity index (χ0v) is 12.9. The van der Waals surface area contributed by atoms with E-state index in [1.165, 1.54) is 26.0 Å². The van der Waals surface area contributed by atoms with E-state index in [1.54, 1.807) is 0 Å². The summed E-state index contributed by atoms with van der Waals surface area (Å²) in [5.41, 5.74) is -1.10. The molecule has 4 nitrogen and oxygen atoms in total. The molecule has 22 heavy (non-hydrogen) atoms. The number of hydrogen-bond acceptors (Lipinski definition) is 3. The van der Waals surface area contributed by atoms with Gasteiger partial charge in [-0.15, -0.1) is 0 Å². The van der Waals surface area contributed by atoms with Gasteiger partial charge in [0.25, 0.3) is 5.92 Å². The Balaban J connectivity index is 2.51. The van der Waals surface area contributed by atoms with Crippen LogP contribution in [0.5, 0.6) is 11.5 Å². The summed E-state index contributed by atoms with van der Waals surface area (Å²) < 4.78 is 38.8. The highest BCUT2D eigenvalue weighted by Crippen LogP contribution is 2.41. The molecule has 122 valence electrons. The van der Waals surface area contributed by atoms with Gasteiger partial charge in [0.05, 0.1) is 18.6 Å². The van der Waals surface area contributed by atoms with E-state index in [0.717, 1.165) is 6.92 Å². The van der Waals surface area contributed by atoms with Gasteiger partial charge in [-0.05, 0) is 38.0 Å². The minimum atomic E-state index is -3.09. The maximum absolute atomic E-state index is 13.9. The summed E-state index contributed by atoms with van der Waals surface area (Å²) in [6.07, 6.45) is 0.653. The molecule has 6 heteroatoms. The van der Waals surface area contributed by atoms with Crippen LogP contribution in [-0.2, 0) is 17.1 Å². The van der Waals surface area contributed by atoms with E-state index in [1.807, 2.05) is 0 Å². The first-order valence-corrected chi connectivity index (χ1v) is 7.15. The number of alkyl halides is 2. The van der Waals surface area contributed by atoms with Gasteiger partial charge < -0.3 is 14.6 Å². The molecule has 1 N–H and O–H groups in total. The van der Waals surface area contributed by atoms with Gasteiger partial charge in [-0.1, -0.05) is 0 Å². The van der Waals surface area contributed by atoms with Crippen LogP contribution < -0.4 is 9.47 Å². The third-order valence-electron chi connectivity index (χ3n) is 3.66. The lowest BCUT2D eigenvalue weighted by molar-refractivity contribution is -0.146. The first-order valence-electron chi connectivity index (χ1n) is 7.15. The number of halogens is 2. The monoisotopic (exact) mass is 314 g/mol. The molecule has 0 saturated carbocycles. The molecule has 0 aromatic heterocycles. The first-order chi connectivity index (χ1) is 10.1. The van der Waals surface area contributed by atoms with Gasteiger partial charge in [-0.3, -0.25) is 4.79 Å². The van der Waals surface area contributed by atoms with E-state index in [-0.39, 0.29) is 23.3 Å². The predicted octanol–water partition coefficient (Wildman–Crippen LogP) is 3.61. The molecule has 2 rings (SSSR count). The predicted molar refractivity (Wildman–Crippen MR) is 76.7 cm³/mol. The third kappa shape index (κ3) is 3.48. The average molecular weight is 314 g/mol. The van der Waals surface area contributed by atoms with Crippen molar-refractivity contribution >= 4 is 5.97 Å². The van der Waals surface area contributed by atoms with Gasteiger partial charge >= 0.3 is 5.97 Å². The quantitative estimate of drug-likeness (QED) is 0.922. The second kappa shape index (κ2) is 5.74. The Bertz CT molecular complexity index is 576. The Morgan fingerprint density at radius 3 is 2.23 bits per heavy atom. The number of hydrogen-bond donors (Lipinski definition) is 1. The molecular weight excluding hydrogens is 294 g/mol. The molecule has 1 heterocycles. The Labute approximate surface area is 128 Å². The normalized spacial score (nSPS) is 15.3. The Morgan fingerprint density at radius 2 is 1.73 bits per heavy atom. The Hall–Kier alpha value is -1.85. The molecule has 1 aromatic carbocycles. The SMILES string of the molecule is CC(C)(Cc1cc2c(cc1C(C)(F)F)OCCCO2)C(=O)O. The number of carbonyl (C=O) groups is 1. The summed E-state index contributed by atoms with van der Waals surface area (Å²) in [6.45, 7) is 4.66. The van der Waals surface area contributed by atoms with E-state index >= 15 is 0 Å². The highest BCUT2D eigenvalue weighted by Gasteiger charge is 2.35. The number of carboxylic acid groups (broad SMARTS) is 1. The van der Waals surface area contributed by atoms with Crippen LogP contribution in [0.2, 0.25) is 0 Å². The van der Waals surface area contributed by atoms with Crippen LogP contribution in [0.3, 0.4) is 0 Å². The van der Waals surface area contributed by atoms with E-state index in [2.05, 4.69) is 0 Å². The molecule has 0 spiro atoms. The van der Waals surface area contributed by atoms with Crippen molar-refractivity contribution in [3.63, 3.8) is 0 Å². The molecule has 0 fully saturated rings. The summed E-state index contributed by atoms with van der Waals surface area (Å²) in [4.78, 5) is 11.3. The van der Waals surface area contributed by atoms with Crippen molar-refractivity contribution in [2.45, 2.75) is 39.5 Å². The molecule has 0 saturated heterocycles. The molecule has 0 amide bonds. The first kappa shape index (κ1) is 16.5. The molecule has 0 radical (unpaired) electrons. The standard InChI is InChI=1S/C16H20F2O4/c1-15(2,14(19)20)9-10-7-12-13(22-6-4-5-21-12)8-11(10)16(3,17)18/h7-8H,4-6,9H2,1-3H3,(H,19,20). The molecule has 0 aliphatic carbocycles. The largest absolute Gasteiger partial charge is 0.490 e. The zero-order chi connectivity index (χ0) is 16.5. The van der Waals surface area contributed by atoms with E-state index < -0.39 is 17.3 Å². The Morgan fingerprint density at radius 1 is 1.18 bits per heavy atom. The number of carboxylic acids is 1. The maximum Gasteiger partial charge on any atom is 0.309 e. The second-order valence-electron chi connectivity index (χ2n) is 6.26. The van der Waals surface area contributed by atoms with Gasteiger partial charge in [0.2, 0.25) is 0 Å². The minimum absolute atomic E-state index is 0.0161. The number of rotatable bonds is 4. The highest BCUT2D eigenvalue weighted by molar-refractivity contribution is 5.74. The lowest BCUT2D eigenvalue weighted by atomic mass is 9.83. The third-order valence-corrected chi connectivity index (χ3v) is 3.66. The molecule has 1 aliphatic heterocycles. The molecule has 1 aromatic rings. The van der Waals surface area contributed by atoms with Crippen molar-refractivity contribution in [2.75, 3.05) is 13.2 Å². The zero-order valence-electron chi connectivity index (χ0n) is 12.9. The molecule has 0 unspecified atom stereocenters. The minimum Gasteiger partial charge on any atom is -0.490 e. The fourth-order valence-electron chi connectivity index (χ4n) is 2.36. The van der Waals surface area contributed by atoms with E-state index in [0.29, 0.717) is 25.4 Å². The smallest absolute Gasteiger partial charge is 0.309 e. The van der Waals surface area contributed by atoms with Gasteiger partial charge in [-0.25, -0.2) is 8.78 Å². The van der Waals surface area contributed by atoms with Crippen LogP contribution in [0.1, 0.15) is 38.3 Å².